The first-order chi connectivity index (χ1) is 12.8. The summed E-state index contributed by atoms with van der Waals surface area (Å²) in [4.78, 5) is 12.3. The Bertz CT molecular complexity index is 880. The van der Waals surface area contributed by atoms with Gasteiger partial charge in [0.05, 0.1) is 12.1 Å². The zero-order chi connectivity index (χ0) is 20.0. The van der Waals surface area contributed by atoms with Crippen LogP contribution in [0.15, 0.2) is 42.5 Å². The Balaban J connectivity index is 2.09. The van der Waals surface area contributed by atoms with Gasteiger partial charge in [0.1, 0.15) is 6.04 Å². The molecule has 2 aromatic carbocycles. The van der Waals surface area contributed by atoms with Crippen LogP contribution in [0, 0.1) is 0 Å². The van der Waals surface area contributed by atoms with Crippen molar-refractivity contribution in [1.29, 1.82) is 0 Å². The Morgan fingerprint density at radius 3 is 2.30 bits per heavy atom. The quantitative estimate of drug-likeness (QED) is 0.221. The van der Waals surface area contributed by atoms with Gasteiger partial charge in [-0.1, -0.05) is 30.4 Å². The largest absolute Gasteiger partial charge is 0.504 e. The van der Waals surface area contributed by atoms with Crippen molar-refractivity contribution in [1.82, 2.24) is 5.32 Å². The molecule has 0 fully saturated rings. The number of esters is 1. The molecule has 27 heavy (non-hydrogen) atoms. The van der Waals surface area contributed by atoms with Crippen LogP contribution in [-0.4, -0.2) is 44.5 Å². The molecule has 0 bridgehead atoms. The average Bonchev–Trinajstić information content (AvgIpc) is 2.64. The third-order valence-corrected chi connectivity index (χ3v) is 3.96. The minimum atomic E-state index is -0.802. The Labute approximate surface area is 161 Å². The smallest absolute Gasteiger partial charge is 0.328 e. The van der Waals surface area contributed by atoms with E-state index in [1.54, 1.807) is 18.2 Å². The van der Waals surface area contributed by atoms with Gasteiger partial charge >= 0.3 is 5.97 Å². The van der Waals surface area contributed by atoms with Crippen LogP contribution >= 0.6 is 12.2 Å². The molecule has 0 radical (unpaired) electrons. The Morgan fingerprint density at radius 1 is 1.07 bits per heavy atom. The van der Waals surface area contributed by atoms with E-state index in [1.807, 2.05) is 0 Å². The second-order valence-corrected chi connectivity index (χ2v) is 6.13. The van der Waals surface area contributed by atoms with Gasteiger partial charge in [0.25, 0.3) is 0 Å². The first-order valence-electron chi connectivity index (χ1n) is 7.89. The molecule has 142 valence electrons. The minimum absolute atomic E-state index is 0.175. The first kappa shape index (κ1) is 20.1. The summed E-state index contributed by atoms with van der Waals surface area (Å²) < 4.78 is 4.77. The predicted molar refractivity (Wildman–Crippen MR) is 104 cm³/mol. The van der Waals surface area contributed by atoms with Crippen LogP contribution in [-0.2, 0) is 16.0 Å². The van der Waals surface area contributed by atoms with E-state index in [1.165, 1.54) is 37.5 Å². The molecular weight excluding hydrogens is 370 g/mol. The predicted octanol–water partition coefficient (Wildman–Crippen LogP) is 2.22. The lowest BCUT2D eigenvalue weighted by molar-refractivity contribution is -0.142. The maximum absolute atomic E-state index is 12.0. The number of phenols is 4. The van der Waals surface area contributed by atoms with Crippen molar-refractivity contribution in [2.24, 2.45) is 0 Å². The average molecular weight is 389 g/mol. The number of methoxy groups -OCH3 is 1. The maximum atomic E-state index is 12.0. The van der Waals surface area contributed by atoms with Gasteiger partial charge < -0.3 is 30.5 Å². The molecule has 5 N–H and O–H groups in total. The Kier molecular flexibility index (Phi) is 6.62. The molecule has 8 heteroatoms. The number of benzene rings is 2. The summed E-state index contributed by atoms with van der Waals surface area (Å²) in [6, 6.07) is 7.76. The molecule has 0 aliphatic heterocycles. The number of phenolic OH excluding ortho intramolecular Hbond substituents is 4. The van der Waals surface area contributed by atoms with Gasteiger partial charge in [-0.2, -0.15) is 0 Å². The Morgan fingerprint density at radius 2 is 1.70 bits per heavy atom. The van der Waals surface area contributed by atoms with Crippen molar-refractivity contribution in [2.75, 3.05) is 7.11 Å². The highest BCUT2D eigenvalue weighted by atomic mass is 32.1. The number of aromatic hydroxyl groups is 4. The van der Waals surface area contributed by atoms with E-state index in [0.29, 0.717) is 11.1 Å². The van der Waals surface area contributed by atoms with E-state index < -0.39 is 12.0 Å². The first-order valence-corrected chi connectivity index (χ1v) is 8.30. The fourth-order valence-corrected chi connectivity index (χ4v) is 2.51. The van der Waals surface area contributed by atoms with Crippen molar-refractivity contribution in [3.8, 4) is 23.0 Å². The zero-order valence-electron chi connectivity index (χ0n) is 14.4. The van der Waals surface area contributed by atoms with E-state index >= 15 is 0 Å². The molecule has 0 aromatic heterocycles. The highest BCUT2D eigenvalue weighted by Crippen LogP contribution is 2.26. The molecule has 0 aliphatic carbocycles. The molecule has 1 unspecified atom stereocenters. The standard InChI is InChI=1S/C19H19NO6S/c1-26-19(25)13(8-12-3-6-15(22)17(24)10-12)20-18(27)7-4-11-2-5-14(21)16(23)9-11/h2-7,9-10,13,21-24H,8H2,1H3,(H,20,27). The molecule has 1 atom stereocenters. The molecule has 0 amide bonds. The van der Waals surface area contributed by atoms with Gasteiger partial charge in [0, 0.05) is 6.42 Å². The number of thiocarbonyl (C=S) groups is 1. The summed E-state index contributed by atoms with van der Waals surface area (Å²) in [6.45, 7) is 0. The van der Waals surface area contributed by atoms with Crippen molar-refractivity contribution in [3.05, 3.63) is 53.6 Å². The fraction of sp³-hybridized carbons (Fsp3) is 0.158. The normalized spacial score (nSPS) is 11.9. The summed E-state index contributed by atoms with van der Waals surface area (Å²) in [5.74, 6) is -1.56. The van der Waals surface area contributed by atoms with Crippen LogP contribution in [0.3, 0.4) is 0 Å². The van der Waals surface area contributed by atoms with Crippen molar-refractivity contribution in [3.63, 3.8) is 0 Å². The van der Waals surface area contributed by atoms with E-state index in [2.05, 4.69) is 5.32 Å². The molecule has 0 spiro atoms. The van der Waals surface area contributed by atoms with Gasteiger partial charge in [-0.05, 0) is 41.5 Å². The highest BCUT2D eigenvalue weighted by molar-refractivity contribution is 7.80. The summed E-state index contributed by atoms with van der Waals surface area (Å²) in [5, 5.41) is 40.6. The number of carbonyl (C=O) groups is 1. The topological polar surface area (TPSA) is 119 Å². The number of hydrogen-bond acceptors (Lipinski definition) is 7. The second kappa shape index (κ2) is 8.91. The van der Waals surface area contributed by atoms with Gasteiger partial charge in [0.15, 0.2) is 23.0 Å². The molecule has 0 saturated heterocycles. The lowest BCUT2D eigenvalue weighted by Crippen LogP contribution is -2.41. The summed E-state index contributed by atoms with van der Waals surface area (Å²) in [5.41, 5.74) is 1.20. The summed E-state index contributed by atoms with van der Waals surface area (Å²) in [7, 11) is 1.25. The monoisotopic (exact) mass is 389 g/mol. The second-order valence-electron chi connectivity index (χ2n) is 5.69. The molecule has 0 aliphatic rings. The fourth-order valence-electron chi connectivity index (χ4n) is 2.30. The third kappa shape index (κ3) is 5.61. The van der Waals surface area contributed by atoms with E-state index in [9.17, 15) is 25.2 Å². The third-order valence-electron chi connectivity index (χ3n) is 3.71. The van der Waals surface area contributed by atoms with Crippen LogP contribution in [0.2, 0.25) is 0 Å². The minimum Gasteiger partial charge on any atom is -0.504 e. The van der Waals surface area contributed by atoms with E-state index in [-0.39, 0.29) is 34.4 Å². The van der Waals surface area contributed by atoms with Crippen molar-refractivity contribution >= 4 is 29.3 Å². The zero-order valence-corrected chi connectivity index (χ0v) is 15.2. The molecule has 0 saturated carbocycles. The molecule has 2 rings (SSSR count). The summed E-state index contributed by atoms with van der Waals surface area (Å²) in [6.07, 6.45) is 3.31. The molecular formula is C19H19NO6S. The van der Waals surface area contributed by atoms with Crippen LogP contribution in [0.25, 0.3) is 6.08 Å². The van der Waals surface area contributed by atoms with Gasteiger partial charge in [-0.25, -0.2) is 4.79 Å². The number of carbonyl (C=O) groups excluding carboxylic acids is 1. The SMILES string of the molecule is COC(=O)C(Cc1ccc(O)c(O)c1)NC(=S)C=Cc1ccc(O)c(O)c1. The number of ether oxygens (including phenoxy) is 1. The van der Waals surface area contributed by atoms with Crippen LogP contribution in [0.5, 0.6) is 23.0 Å². The van der Waals surface area contributed by atoms with Crippen molar-refractivity contribution < 1.29 is 30.0 Å². The van der Waals surface area contributed by atoms with E-state index in [0.717, 1.165) is 0 Å². The molecule has 7 nitrogen and oxygen atoms in total. The van der Waals surface area contributed by atoms with Crippen molar-refractivity contribution in [2.45, 2.75) is 12.5 Å². The lowest BCUT2D eigenvalue weighted by Gasteiger charge is -2.17. The van der Waals surface area contributed by atoms with Crippen LogP contribution < -0.4 is 5.32 Å². The number of rotatable bonds is 6. The summed E-state index contributed by atoms with van der Waals surface area (Å²) >= 11 is 5.21. The van der Waals surface area contributed by atoms with Crippen LogP contribution in [0.1, 0.15) is 11.1 Å². The molecule has 2 aromatic rings. The lowest BCUT2D eigenvalue weighted by atomic mass is 10.1. The van der Waals surface area contributed by atoms with Gasteiger partial charge in [-0.15, -0.1) is 0 Å². The maximum Gasteiger partial charge on any atom is 0.328 e. The van der Waals surface area contributed by atoms with Crippen LogP contribution in [0.4, 0.5) is 0 Å². The Hall–Kier alpha value is -3.26. The highest BCUT2D eigenvalue weighted by Gasteiger charge is 2.20. The van der Waals surface area contributed by atoms with Gasteiger partial charge in [0.2, 0.25) is 0 Å². The van der Waals surface area contributed by atoms with Gasteiger partial charge in [-0.3, -0.25) is 0 Å². The number of nitrogens with one attached hydrogen (secondary N) is 1. The molecule has 0 heterocycles. The number of hydrogen-bond donors (Lipinski definition) is 5. The van der Waals surface area contributed by atoms with E-state index in [4.69, 9.17) is 17.0 Å².